The summed E-state index contributed by atoms with van der Waals surface area (Å²) in [4.78, 5) is 15.4. The second-order valence-electron chi connectivity index (χ2n) is 4.55. The van der Waals surface area contributed by atoms with Gasteiger partial charge in [-0.05, 0) is 24.3 Å². The molecule has 3 nitrogen and oxygen atoms in total. The highest BCUT2D eigenvalue weighted by Gasteiger charge is 2.21. The Morgan fingerprint density at radius 3 is 2.71 bits per heavy atom. The van der Waals surface area contributed by atoms with E-state index in [2.05, 4.69) is 20.9 Å². The van der Waals surface area contributed by atoms with E-state index in [1.807, 2.05) is 0 Å². The highest BCUT2D eigenvalue weighted by molar-refractivity contribution is 9.10. The average Bonchev–Trinajstić information content (AvgIpc) is 2.87. The number of aromatic amines is 1. The lowest BCUT2D eigenvalue weighted by Gasteiger charge is -2.05. The van der Waals surface area contributed by atoms with Crippen LogP contribution in [0.2, 0.25) is 0 Å². The van der Waals surface area contributed by atoms with Crippen molar-refractivity contribution in [2.75, 3.05) is 5.73 Å². The number of rotatable bonds is 2. The first-order chi connectivity index (χ1) is 9.99. The molecule has 0 radical (unpaired) electrons. The monoisotopic (exact) mass is 350 g/mol. The van der Waals surface area contributed by atoms with E-state index in [-0.39, 0.29) is 11.1 Å². The van der Waals surface area contributed by atoms with Gasteiger partial charge in [0, 0.05) is 27.1 Å². The molecular formula is C15H9BrF2N2O. The number of nitrogens with one attached hydrogen (secondary N) is 1. The number of nitrogen functional groups attached to an aromatic ring is 1. The number of anilines is 1. The lowest BCUT2D eigenvalue weighted by molar-refractivity contribution is 0.103. The Balaban J connectivity index is 2.22. The predicted octanol–water partition coefficient (Wildman–Crippen LogP) is 4.02. The summed E-state index contributed by atoms with van der Waals surface area (Å²) in [5.41, 5.74) is 5.57. The van der Waals surface area contributed by atoms with Crippen LogP contribution in [0.15, 0.2) is 41.0 Å². The zero-order valence-corrected chi connectivity index (χ0v) is 12.2. The standard InChI is InChI=1S/C15H9BrF2N2O/c16-10-2-1-3-12-13(10)9(6-20-12)15(21)8-4-7(17)5-11(19)14(8)18/h1-6,20H,19H2. The van der Waals surface area contributed by atoms with E-state index in [4.69, 9.17) is 5.73 Å². The maximum atomic E-state index is 14.0. The minimum Gasteiger partial charge on any atom is -0.396 e. The lowest BCUT2D eigenvalue weighted by atomic mass is 10.0. The van der Waals surface area contributed by atoms with Crippen molar-refractivity contribution in [1.82, 2.24) is 4.98 Å². The van der Waals surface area contributed by atoms with Crippen LogP contribution in [0.1, 0.15) is 15.9 Å². The first-order valence-corrected chi connectivity index (χ1v) is 6.83. The molecule has 0 aliphatic rings. The molecule has 1 aromatic heterocycles. The van der Waals surface area contributed by atoms with Crippen LogP contribution in [0, 0.1) is 11.6 Å². The van der Waals surface area contributed by atoms with Crippen molar-refractivity contribution >= 4 is 38.3 Å². The fourth-order valence-corrected chi connectivity index (χ4v) is 2.82. The van der Waals surface area contributed by atoms with Gasteiger partial charge in [-0.15, -0.1) is 0 Å². The van der Waals surface area contributed by atoms with Gasteiger partial charge in [0.25, 0.3) is 0 Å². The second-order valence-corrected chi connectivity index (χ2v) is 5.40. The zero-order valence-electron chi connectivity index (χ0n) is 10.6. The van der Waals surface area contributed by atoms with Gasteiger partial charge in [-0.1, -0.05) is 22.0 Å². The van der Waals surface area contributed by atoms with Crippen molar-refractivity contribution in [3.63, 3.8) is 0 Å². The van der Waals surface area contributed by atoms with Crippen LogP contribution in [-0.4, -0.2) is 10.8 Å². The smallest absolute Gasteiger partial charge is 0.198 e. The first-order valence-electron chi connectivity index (χ1n) is 6.04. The van der Waals surface area contributed by atoms with Crippen LogP contribution < -0.4 is 5.73 Å². The summed E-state index contributed by atoms with van der Waals surface area (Å²) in [7, 11) is 0. The fourth-order valence-electron chi connectivity index (χ4n) is 2.24. The summed E-state index contributed by atoms with van der Waals surface area (Å²) in [5, 5.41) is 0.615. The summed E-state index contributed by atoms with van der Waals surface area (Å²) in [6.07, 6.45) is 1.47. The third-order valence-electron chi connectivity index (χ3n) is 3.21. The van der Waals surface area contributed by atoms with Crippen LogP contribution in [0.4, 0.5) is 14.5 Å². The molecule has 106 valence electrons. The van der Waals surface area contributed by atoms with E-state index in [1.54, 1.807) is 18.2 Å². The molecule has 0 aliphatic carbocycles. The molecule has 0 fully saturated rings. The van der Waals surface area contributed by atoms with Crippen molar-refractivity contribution in [2.45, 2.75) is 0 Å². The lowest BCUT2D eigenvalue weighted by Crippen LogP contribution is -2.07. The summed E-state index contributed by atoms with van der Waals surface area (Å²) < 4.78 is 28.1. The van der Waals surface area contributed by atoms with Crippen molar-refractivity contribution in [3.8, 4) is 0 Å². The van der Waals surface area contributed by atoms with Gasteiger partial charge in [0.15, 0.2) is 11.6 Å². The van der Waals surface area contributed by atoms with E-state index in [1.165, 1.54) is 6.20 Å². The Labute approximate surface area is 126 Å². The summed E-state index contributed by atoms with van der Waals surface area (Å²) >= 11 is 3.35. The molecule has 3 N–H and O–H groups in total. The van der Waals surface area contributed by atoms with E-state index >= 15 is 0 Å². The van der Waals surface area contributed by atoms with E-state index in [9.17, 15) is 13.6 Å². The highest BCUT2D eigenvalue weighted by Crippen LogP contribution is 2.30. The van der Waals surface area contributed by atoms with Crippen molar-refractivity contribution in [3.05, 3.63) is 63.8 Å². The molecule has 0 atom stereocenters. The maximum absolute atomic E-state index is 14.0. The fraction of sp³-hybridized carbons (Fsp3) is 0. The maximum Gasteiger partial charge on any atom is 0.198 e. The van der Waals surface area contributed by atoms with E-state index < -0.39 is 23.1 Å². The van der Waals surface area contributed by atoms with Crippen LogP contribution in [0.25, 0.3) is 10.9 Å². The molecule has 0 saturated carbocycles. The first kappa shape index (κ1) is 13.8. The van der Waals surface area contributed by atoms with E-state index in [0.717, 1.165) is 17.6 Å². The number of benzene rings is 2. The Kier molecular flexibility index (Phi) is 3.25. The van der Waals surface area contributed by atoms with Gasteiger partial charge >= 0.3 is 0 Å². The Bertz CT molecular complexity index is 873. The number of hydrogen-bond acceptors (Lipinski definition) is 2. The Hall–Kier alpha value is -2.21. The largest absolute Gasteiger partial charge is 0.396 e. The molecule has 0 saturated heterocycles. The number of H-pyrrole nitrogens is 1. The summed E-state index contributed by atoms with van der Waals surface area (Å²) in [5.74, 6) is -2.30. The quantitative estimate of drug-likeness (QED) is 0.541. The summed E-state index contributed by atoms with van der Waals surface area (Å²) in [6.45, 7) is 0. The van der Waals surface area contributed by atoms with Crippen LogP contribution in [0.5, 0.6) is 0 Å². The SMILES string of the molecule is Nc1cc(F)cc(C(=O)c2c[nH]c3cccc(Br)c23)c1F. The molecule has 0 unspecified atom stereocenters. The highest BCUT2D eigenvalue weighted by atomic mass is 79.9. The number of ketones is 1. The van der Waals surface area contributed by atoms with Gasteiger partial charge in [-0.2, -0.15) is 0 Å². The molecule has 0 aliphatic heterocycles. The molecule has 3 rings (SSSR count). The minimum absolute atomic E-state index is 0.251. The molecule has 0 amide bonds. The van der Waals surface area contributed by atoms with E-state index in [0.29, 0.717) is 9.86 Å². The predicted molar refractivity (Wildman–Crippen MR) is 80.2 cm³/mol. The van der Waals surface area contributed by atoms with Gasteiger partial charge in [-0.3, -0.25) is 4.79 Å². The Morgan fingerprint density at radius 1 is 1.19 bits per heavy atom. The molecule has 21 heavy (non-hydrogen) atoms. The summed E-state index contributed by atoms with van der Waals surface area (Å²) in [6, 6.07) is 7.05. The van der Waals surface area contributed by atoms with Crippen LogP contribution in [0.3, 0.4) is 0 Å². The zero-order chi connectivity index (χ0) is 15.1. The van der Waals surface area contributed by atoms with Crippen molar-refractivity contribution in [2.24, 2.45) is 0 Å². The van der Waals surface area contributed by atoms with Crippen molar-refractivity contribution < 1.29 is 13.6 Å². The number of aromatic nitrogens is 1. The van der Waals surface area contributed by atoms with Crippen LogP contribution >= 0.6 is 15.9 Å². The van der Waals surface area contributed by atoms with Crippen molar-refractivity contribution in [1.29, 1.82) is 0 Å². The number of nitrogens with two attached hydrogens (primary N) is 1. The van der Waals surface area contributed by atoms with Gasteiger partial charge in [0.2, 0.25) is 0 Å². The molecule has 0 spiro atoms. The molecule has 2 aromatic carbocycles. The topological polar surface area (TPSA) is 58.9 Å². The number of hydrogen-bond donors (Lipinski definition) is 2. The number of carbonyl (C=O) groups excluding carboxylic acids is 1. The number of halogens is 3. The van der Waals surface area contributed by atoms with Gasteiger partial charge in [0.1, 0.15) is 5.82 Å². The molecule has 1 heterocycles. The van der Waals surface area contributed by atoms with Crippen LogP contribution in [-0.2, 0) is 0 Å². The third-order valence-corrected chi connectivity index (χ3v) is 3.87. The number of fused-ring (bicyclic) bond motifs is 1. The normalized spacial score (nSPS) is 11.0. The van der Waals surface area contributed by atoms with Gasteiger partial charge in [-0.25, -0.2) is 8.78 Å². The molecule has 0 bridgehead atoms. The number of carbonyl (C=O) groups is 1. The molecular weight excluding hydrogens is 342 g/mol. The molecule has 6 heteroatoms. The van der Waals surface area contributed by atoms with Gasteiger partial charge in [0.05, 0.1) is 11.3 Å². The average molecular weight is 351 g/mol. The van der Waals surface area contributed by atoms with Gasteiger partial charge < -0.3 is 10.7 Å². The Morgan fingerprint density at radius 2 is 1.95 bits per heavy atom. The molecule has 3 aromatic rings. The minimum atomic E-state index is -0.914. The third kappa shape index (κ3) is 2.21. The second kappa shape index (κ2) is 4.96.